The van der Waals surface area contributed by atoms with E-state index in [4.69, 9.17) is 4.52 Å². The molecule has 0 spiro atoms. The van der Waals surface area contributed by atoms with Gasteiger partial charge in [0.2, 0.25) is 11.8 Å². The number of carbonyl (C=O) groups is 1. The van der Waals surface area contributed by atoms with E-state index in [1.807, 2.05) is 17.0 Å². The second-order valence-electron chi connectivity index (χ2n) is 6.87. The Labute approximate surface area is 144 Å². The second-order valence-corrected chi connectivity index (χ2v) is 8.12. The molecule has 2 aromatic rings. The molecule has 2 atom stereocenters. The van der Waals surface area contributed by atoms with E-state index < -0.39 is 0 Å². The van der Waals surface area contributed by atoms with Gasteiger partial charge >= 0.3 is 0 Å². The number of likely N-dealkylation sites (tertiary alicyclic amines) is 1. The standard InChI is InChI=1S/C18H19N3O2S/c22-18(15-10-12-4-1-2-6-14(12)24-15)21-9-3-5-13(21)16-19-17(23-20-16)11-7-8-11/h1-2,4,6,11,13,15H,3,5,7-10H2/t13-,15-/m0/s1. The number of thioether (sulfide) groups is 1. The number of carbonyl (C=O) groups excluding carboxylic acids is 1. The first kappa shape index (κ1) is 14.5. The number of fused-ring (bicyclic) bond motifs is 1. The summed E-state index contributed by atoms with van der Waals surface area (Å²) in [5, 5.41) is 4.16. The zero-order valence-corrected chi connectivity index (χ0v) is 14.2. The Balaban J connectivity index is 1.34. The first-order valence-corrected chi connectivity index (χ1v) is 9.56. The van der Waals surface area contributed by atoms with Crippen molar-refractivity contribution < 1.29 is 9.32 Å². The third kappa shape index (κ3) is 2.44. The molecule has 1 saturated carbocycles. The first-order valence-electron chi connectivity index (χ1n) is 8.68. The van der Waals surface area contributed by atoms with Crippen molar-refractivity contribution in [1.29, 1.82) is 0 Å². The molecule has 0 radical (unpaired) electrons. The average molecular weight is 341 g/mol. The van der Waals surface area contributed by atoms with Crippen molar-refractivity contribution in [2.45, 2.75) is 54.2 Å². The number of aromatic nitrogens is 2. The van der Waals surface area contributed by atoms with E-state index in [-0.39, 0.29) is 17.2 Å². The van der Waals surface area contributed by atoms with Crippen molar-refractivity contribution in [3.63, 3.8) is 0 Å². The predicted octanol–water partition coefficient (Wildman–Crippen LogP) is 3.33. The van der Waals surface area contributed by atoms with Crippen LogP contribution in [0.4, 0.5) is 0 Å². The molecule has 0 unspecified atom stereocenters. The van der Waals surface area contributed by atoms with E-state index in [1.165, 1.54) is 10.5 Å². The van der Waals surface area contributed by atoms with Crippen molar-refractivity contribution in [1.82, 2.24) is 15.0 Å². The van der Waals surface area contributed by atoms with Gasteiger partial charge in [0.25, 0.3) is 0 Å². The Bertz CT molecular complexity index is 761. The number of nitrogens with zero attached hydrogens (tertiary/aromatic N) is 3. The highest BCUT2D eigenvalue weighted by atomic mass is 32.2. The van der Waals surface area contributed by atoms with E-state index in [1.54, 1.807) is 11.8 Å². The lowest BCUT2D eigenvalue weighted by molar-refractivity contribution is -0.131. The predicted molar refractivity (Wildman–Crippen MR) is 89.8 cm³/mol. The van der Waals surface area contributed by atoms with Gasteiger partial charge in [-0.1, -0.05) is 23.4 Å². The van der Waals surface area contributed by atoms with Gasteiger partial charge < -0.3 is 9.42 Å². The largest absolute Gasteiger partial charge is 0.339 e. The van der Waals surface area contributed by atoms with Crippen molar-refractivity contribution in [2.24, 2.45) is 0 Å². The van der Waals surface area contributed by atoms with Crippen molar-refractivity contribution in [3.05, 3.63) is 41.5 Å². The molecular formula is C18H19N3O2S. The fraction of sp³-hybridized carbons (Fsp3) is 0.500. The molecule has 0 bridgehead atoms. The Morgan fingerprint density at radius 1 is 1.25 bits per heavy atom. The van der Waals surface area contributed by atoms with Crippen LogP contribution in [0.3, 0.4) is 0 Å². The number of amides is 1. The second kappa shape index (κ2) is 5.62. The molecule has 24 heavy (non-hydrogen) atoms. The summed E-state index contributed by atoms with van der Waals surface area (Å²) in [5.74, 6) is 2.13. The van der Waals surface area contributed by atoms with E-state index in [2.05, 4.69) is 22.3 Å². The van der Waals surface area contributed by atoms with Crippen LogP contribution < -0.4 is 0 Å². The maximum atomic E-state index is 13.1. The summed E-state index contributed by atoms with van der Waals surface area (Å²) in [6, 6.07) is 8.30. The highest BCUT2D eigenvalue weighted by Gasteiger charge is 2.39. The maximum Gasteiger partial charge on any atom is 0.237 e. The first-order chi connectivity index (χ1) is 11.8. The highest BCUT2D eigenvalue weighted by molar-refractivity contribution is 8.01. The van der Waals surface area contributed by atoms with Crippen LogP contribution in [0, 0.1) is 0 Å². The monoisotopic (exact) mass is 341 g/mol. The Morgan fingerprint density at radius 2 is 2.12 bits per heavy atom. The molecule has 6 heteroatoms. The van der Waals surface area contributed by atoms with Crippen molar-refractivity contribution in [2.75, 3.05) is 6.54 Å². The molecule has 1 amide bonds. The SMILES string of the molecule is O=C([C@@H]1Cc2ccccc2S1)N1CCC[C@H]1c1noc(C2CC2)n1. The van der Waals surface area contributed by atoms with E-state index in [9.17, 15) is 4.79 Å². The summed E-state index contributed by atoms with van der Waals surface area (Å²) in [6.07, 6.45) is 5.05. The molecule has 5 rings (SSSR count). The van der Waals surface area contributed by atoms with Crippen LogP contribution >= 0.6 is 11.8 Å². The number of benzene rings is 1. The Morgan fingerprint density at radius 3 is 2.96 bits per heavy atom. The summed E-state index contributed by atoms with van der Waals surface area (Å²) in [5.41, 5.74) is 1.28. The molecule has 0 N–H and O–H groups in total. The van der Waals surface area contributed by atoms with Crippen LogP contribution in [0.5, 0.6) is 0 Å². The molecule has 1 aromatic heterocycles. The molecule has 1 saturated heterocycles. The van der Waals surface area contributed by atoms with E-state index >= 15 is 0 Å². The molecule has 3 heterocycles. The van der Waals surface area contributed by atoms with Gasteiger partial charge in [0.05, 0.1) is 11.3 Å². The van der Waals surface area contributed by atoms with Crippen LogP contribution in [0.25, 0.3) is 0 Å². The normalized spacial score (nSPS) is 25.9. The molecule has 124 valence electrons. The highest BCUT2D eigenvalue weighted by Crippen LogP contribution is 2.42. The molecule has 2 aliphatic heterocycles. The summed E-state index contributed by atoms with van der Waals surface area (Å²) in [7, 11) is 0. The number of hydrogen-bond acceptors (Lipinski definition) is 5. The van der Waals surface area contributed by atoms with E-state index in [0.717, 1.165) is 44.5 Å². The van der Waals surface area contributed by atoms with E-state index in [0.29, 0.717) is 11.7 Å². The zero-order valence-electron chi connectivity index (χ0n) is 13.4. The van der Waals surface area contributed by atoms with Gasteiger partial charge in [0, 0.05) is 17.4 Å². The van der Waals surface area contributed by atoms with Crippen LogP contribution in [0.15, 0.2) is 33.7 Å². The molecule has 5 nitrogen and oxygen atoms in total. The molecule has 3 aliphatic rings. The van der Waals surface area contributed by atoms with Gasteiger partial charge in [-0.3, -0.25) is 4.79 Å². The lowest BCUT2D eigenvalue weighted by atomic mass is 10.1. The van der Waals surface area contributed by atoms with Crippen LogP contribution in [-0.2, 0) is 11.2 Å². The minimum Gasteiger partial charge on any atom is -0.339 e. The quantitative estimate of drug-likeness (QED) is 0.857. The molecular weight excluding hydrogens is 322 g/mol. The minimum atomic E-state index is -0.0159. The molecule has 2 fully saturated rings. The smallest absolute Gasteiger partial charge is 0.237 e. The van der Waals surface area contributed by atoms with Crippen molar-refractivity contribution >= 4 is 17.7 Å². The fourth-order valence-corrected chi connectivity index (χ4v) is 4.95. The van der Waals surface area contributed by atoms with Crippen molar-refractivity contribution in [3.8, 4) is 0 Å². The van der Waals surface area contributed by atoms with Gasteiger partial charge in [-0.15, -0.1) is 11.8 Å². The van der Waals surface area contributed by atoms with Gasteiger partial charge in [0.1, 0.15) is 0 Å². The summed E-state index contributed by atoms with van der Waals surface area (Å²) in [4.78, 5) is 20.9. The third-order valence-corrected chi connectivity index (χ3v) is 6.45. The molecule has 1 aromatic carbocycles. The van der Waals surface area contributed by atoms with Gasteiger partial charge in [0.15, 0.2) is 5.82 Å². The molecule has 1 aliphatic carbocycles. The lowest BCUT2D eigenvalue weighted by Crippen LogP contribution is -2.37. The van der Waals surface area contributed by atoms with Gasteiger partial charge in [-0.05, 0) is 43.7 Å². The van der Waals surface area contributed by atoms with Gasteiger partial charge in [-0.25, -0.2) is 0 Å². The summed E-state index contributed by atoms with van der Waals surface area (Å²) < 4.78 is 5.40. The topological polar surface area (TPSA) is 59.2 Å². The summed E-state index contributed by atoms with van der Waals surface area (Å²) in [6.45, 7) is 0.796. The van der Waals surface area contributed by atoms with Crippen LogP contribution in [0.1, 0.15) is 54.9 Å². The number of rotatable bonds is 3. The zero-order chi connectivity index (χ0) is 16.1. The Hall–Kier alpha value is -1.82. The lowest BCUT2D eigenvalue weighted by Gasteiger charge is -2.24. The number of hydrogen-bond donors (Lipinski definition) is 0. The fourth-order valence-electron chi connectivity index (χ4n) is 3.68. The van der Waals surface area contributed by atoms with Gasteiger partial charge in [-0.2, -0.15) is 4.98 Å². The average Bonchev–Trinajstić information content (AvgIpc) is 3.06. The summed E-state index contributed by atoms with van der Waals surface area (Å²) >= 11 is 1.69. The van der Waals surface area contributed by atoms with Crippen LogP contribution in [0.2, 0.25) is 0 Å². The third-order valence-electron chi connectivity index (χ3n) is 5.14. The Kier molecular flexibility index (Phi) is 3.40. The maximum absolute atomic E-state index is 13.1. The minimum absolute atomic E-state index is 0.0157. The van der Waals surface area contributed by atoms with Crippen LogP contribution in [-0.4, -0.2) is 32.7 Å².